The molecule has 0 aliphatic carbocycles. The van der Waals surface area contributed by atoms with E-state index in [1.807, 2.05) is 13.0 Å². The number of aryl methyl sites for hydroxylation is 1. The molecule has 0 spiro atoms. The molecule has 5 heteroatoms. The number of hydrogen-bond donors (Lipinski definition) is 0. The van der Waals surface area contributed by atoms with Crippen molar-refractivity contribution in [2.75, 3.05) is 0 Å². The number of ether oxygens (including phenoxy) is 1. The molecule has 2 rings (SSSR count). The summed E-state index contributed by atoms with van der Waals surface area (Å²) in [5, 5.41) is 0. The zero-order chi connectivity index (χ0) is 15.8. The van der Waals surface area contributed by atoms with Crippen molar-refractivity contribution in [3.05, 3.63) is 46.3 Å². The predicted molar refractivity (Wildman–Crippen MR) is 83.9 cm³/mol. The Bertz CT molecular complexity index is 666. The van der Waals surface area contributed by atoms with Gasteiger partial charge in [-0.1, -0.05) is 0 Å². The molecule has 2 aromatic rings. The third-order valence-electron chi connectivity index (χ3n) is 2.71. The number of halogens is 2. The first-order valence-corrected chi connectivity index (χ1v) is 7.34. The van der Waals surface area contributed by atoms with Gasteiger partial charge in [-0.15, -0.1) is 0 Å². The second kappa shape index (κ2) is 5.64. The summed E-state index contributed by atoms with van der Waals surface area (Å²) in [7, 11) is 0. The van der Waals surface area contributed by atoms with Crippen molar-refractivity contribution in [2.24, 2.45) is 0 Å². The number of rotatable bonds is 1. The van der Waals surface area contributed by atoms with Crippen molar-refractivity contribution in [2.45, 2.75) is 33.3 Å². The Kier molecular flexibility index (Phi) is 4.23. The molecule has 0 aliphatic heterocycles. The fourth-order valence-corrected chi connectivity index (χ4v) is 2.42. The van der Waals surface area contributed by atoms with E-state index in [0.717, 1.165) is 10.0 Å². The van der Waals surface area contributed by atoms with Crippen LogP contribution in [-0.4, -0.2) is 16.3 Å². The first kappa shape index (κ1) is 15.8. The highest BCUT2D eigenvalue weighted by Gasteiger charge is 2.21. The molecule has 0 bridgehead atoms. The maximum absolute atomic E-state index is 13.6. The Balaban J connectivity index is 2.48. The third-order valence-corrected chi connectivity index (χ3v) is 3.15. The Labute approximate surface area is 131 Å². The van der Waals surface area contributed by atoms with Gasteiger partial charge in [-0.05, 0) is 73.5 Å². The zero-order valence-electron chi connectivity index (χ0n) is 12.4. The number of nitrogens with zero attached hydrogens (tertiary/aromatic N) is 1. The van der Waals surface area contributed by atoms with Crippen molar-refractivity contribution in [3.8, 4) is 11.3 Å². The van der Waals surface area contributed by atoms with Gasteiger partial charge in [-0.2, -0.15) is 0 Å². The van der Waals surface area contributed by atoms with Crippen LogP contribution >= 0.6 is 15.9 Å². The summed E-state index contributed by atoms with van der Waals surface area (Å²) in [6.45, 7) is 7.21. The van der Waals surface area contributed by atoms with Crippen LogP contribution in [0.5, 0.6) is 0 Å². The molecule has 1 aromatic carbocycles. The fourth-order valence-electron chi connectivity index (χ4n) is 2.00. The summed E-state index contributed by atoms with van der Waals surface area (Å²) in [4.78, 5) is 12.3. The maximum Gasteiger partial charge on any atom is 0.419 e. The molecule has 0 fully saturated rings. The molecule has 1 heterocycles. The molecule has 21 heavy (non-hydrogen) atoms. The van der Waals surface area contributed by atoms with Crippen LogP contribution in [0.25, 0.3) is 11.3 Å². The van der Waals surface area contributed by atoms with Gasteiger partial charge >= 0.3 is 6.09 Å². The topological polar surface area (TPSA) is 31.2 Å². The lowest BCUT2D eigenvalue weighted by Gasteiger charge is -2.20. The Morgan fingerprint density at radius 2 is 1.90 bits per heavy atom. The van der Waals surface area contributed by atoms with E-state index in [1.165, 1.54) is 16.7 Å². The van der Waals surface area contributed by atoms with Gasteiger partial charge in [0, 0.05) is 16.2 Å². The van der Waals surface area contributed by atoms with Gasteiger partial charge in [-0.25, -0.2) is 9.18 Å². The maximum atomic E-state index is 13.6. The second-order valence-electron chi connectivity index (χ2n) is 5.91. The van der Waals surface area contributed by atoms with Crippen LogP contribution in [0.4, 0.5) is 9.18 Å². The lowest BCUT2D eigenvalue weighted by Crippen LogP contribution is -2.27. The van der Waals surface area contributed by atoms with Crippen LogP contribution in [0.15, 0.2) is 34.9 Å². The number of hydrogen-bond acceptors (Lipinski definition) is 2. The molecule has 0 atom stereocenters. The van der Waals surface area contributed by atoms with Crippen LogP contribution in [0.1, 0.15) is 26.3 Å². The number of carbonyl (C=O) groups is 1. The van der Waals surface area contributed by atoms with Gasteiger partial charge in [0.25, 0.3) is 0 Å². The van der Waals surface area contributed by atoms with Crippen molar-refractivity contribution in [3.63, 3.8) is 0 Å². The Morgan fingerprint density at radius 1 is 1.24 bits per heavy atom. The summed E-state index contributed by atoms with van der Waals surface area (Å²) in [5.41, 5.74) is 1.41. The molecule has 0 N–H and O–H groups in total. The van der Waals surface area contributed by atoms with Gasteiger partial charge in [0.15, 0.2) is 0 Å². The molecule has 112 valence electrons. The Morgan fingerprint density at radius 3 is 2.48 bits per heavy atom. The molecule has 0 radical (unpaired) electrons. The zero-order valence-corrected chi connectivity index (χ0v) is 14.0. The van der Waals surface area contributed by atoms with Crippen LogP contribution in [-0.2, 0) is 4.74 Å². The van der Waals surface area contributed by atoms with Gasteiger partial charge in [0.05, 0.1) is 5.69 Å². The van der Waals surface area contributed by atoms with E-state index >= 15 is 0 Å². The fraction of sp³-hybridized carbons (Fsp3) is 0.312. The lowest BCUT2D eigenvalue weighted by atomic mass is 10.1. The SMILES string of the molecule is Cc1cc(F)cc(-c2cc(Br)cn2C(=O)OC(C)(C)C)c1. The predicted octanol–water partition coefficient (Wildman–Crippen LogP) is 5.15. The largest absolute Gasteiger partial charge is 0.443 e. The molecule has 0 saturated heterocycles. The van der Waals surface area contributed by atoms with Crippen molar-refractivity contribution < 1.29 is 13.9 Å². The van der Waals surface area contributed by atoms with E-state index in [4.69, 9.17) is 4.74 Å². The van der Waals surface area contributed by atoms with E-state index in [2.05, 4.69) is 15.9 Å². The van der Waals surface area contributed by atoms with E-state index in [9.17, 15) is 9.18 Å². The molecule has 1 aromatic heterocycles. The second-order valence-corrected chi connectivity index (χ2v) is 6.83. The monoisotopic (exact) mass is 353 g/mol. The summed E-state index contributed by atoms with van der Waals surface area (Å²) in [5.74, 6) is -0.335. The van der Waals surface area contributed by atoms with Crippen molar-refractivity contribution in [1.29, 1.82) is 0 Å². The number of benzene rings is 1. The molecule has 0 amide bonds. The van der Waals surface area contributed by atoms with Crippen LogP contribution < -0.4 is 0 Å². The lowest BCUT2D eigenvalue weighted by molar-refractivity contribution is 0.0540. The first-order chi connectivity index (χ1) is 9.65. The average Bonchev–Trinajstić information content (AvgIpc) is 2.68. The van der Waals surface area contributed by atoms with Crippen LogP contribution in [0, 0.1) is 12.7 Å². The quantitative estimate of drug-likeness (QED) is 0.709. The van der Waals surface area contributed by atoms with Crippen LogP contribution in [0.2, 0.25) is 0 Å². The highest BCUT2D eigenvalue weighted by atomic mass is 79.9. The number of aromatic nitrogens is 1. The molecule has 0 saturated carbocycles. The normalized spacial score (nSPS) is 11.5. The van der Waals surface area contributed by atoms with Crippen molar-refractivity contribution in [1.82, 2.24) is 4.57 Å². The van der Waals surface area contributed by atoms with Crippen LogP contribution in [0.3, 0.4) is 0 Å². The van der Waals surface area contributed by atoms with Gasteiger partial charge < -0.3 is 4.74 Å². The minimum atomic E-state index is -0.594. The Hall–Kier alpha value is -1.62. The highest BCUT2D eigenvalue weighted by molar-refractivity contribution is 9.10. The minimum Gasteiger partial charge on any atom is -0.443 e. The number of carbonyl (C=O) groups excluding carboxylic acids is 1. The minimum absolute atomic E-state index is 0.335. The van der Waals surface area contributed by atoms with E-state index in [0.29, 0.717) is 11.3 Å². The molecule has 3 nitrogen and oxygen atoms in total. The highest BCUT2D eigenvalue weighted by Crippen LogP contribution is 2.28. The summed E-state index contributed by atoms with van der Waals surface area (Å²) in [6, 6.07) is 6.43. The molecule has 0 aliphatic rings. The smallest absolute Gasteiger partial charge is 0.419 e. The third kappa shape index (κ3) is 3.94. The van der Waals surface area contributed by atoms with E-state index in [1.54, 1.807) is 33.0 Å². The molecular formula is C16H17BrFNO2. The van der Waals surface area contributed by atoms with Gasteiger partial charge in [0.1, 0.15) is 11.4 Å². The van der Waals surface area contributed by atoms with E-state index < -0.39 is 11.7 Å². The summed E-state index contributed by atoms with van der Waals surface area (Å²) in [6.07, 6.45) is 1.12. The summed E-state index contributed by atoms with van der Waals surface area (Å²) < 4.78 is 21.1. The van der Waals surface area contributed by atoms with Gasteiger partial charge in [-0.3, -0.25) is 4.57 Å². The summed E-state index contributed by atoms with van der Waals surface area (Å²) >= 11 is 3.34. The van der Waals surface area contributed by atoms with Gasteiger partial charge in [0.2, 0.25) is 0 Å². The average molecular weight is 354 g/mol. The van der Waals surface area contributed by atoms with E-state index in [-0.39, 0.29) is 5.82 Å². The molecular weight excluding hydrogens is 337 g/mol. The first-order valence-electron chi connectivity index (χ1n) is 6.54. The van der Waals surface area contributed by atoms with Crippen molar-refractivity contribution >= 4 is 22.0 Å². The molecule has 0 unspecified atom stereocenters. The standard InChI is InChI=1S/C16H17BrFNO2/c1-10-5-11(7-13(18)6-10)14-8-12(17)9-19(14)15(20)21-16(2,3)4/h5-9H,1-4H3.